The highest BCUT2D eigenvalue weighted by Crippen LogP contribution is 2.26. The quantitative estimate of drug-likeness (QED) is 0.450. The van der Waals surface area contributed by atoms with Crippen molar-refractivity contribution < 1.29 is 31.5 Å². The van der Waals surface area contributed by atoms with Crippen LogP contribution in [0.5, 0.6) is 5.75 Å². The Morgan fingerprint density at radius 2 is 1.68 bits per heavy atom. The monoisotopic (exact) mass is 489 g/mol. The number of amides is 2. The maximum absolute atomic E-state index is 13.7. The van der Waals surface area contributed by atoms with E-state index >= 15 is 0 Å². The first-order chi connectivity index (χ1) is 16.2. The molecule has 0 saturated heterocycles. The molecule has 0 aliphatic rings. The van der Waals surface area contributed by atoms with Gasteiger partial charge in [-0.15, -0.1) is 0 Å². The van der Waals surface area contributed by atoms with Gasteiger partial charge in [0.25, 0.3) is 15.9 Å². The van der Waals surface area contributed by atoms with Crippen LogP contribution >= 0.6 is 0 Å². The van der Waals surface area contributed by atoms with Gasteiger partial charge in [-0.1, -0.05) is 24.3 Å². The molecule has 0 bridgehead atoms. The van der Waals surface area contributed by atoms with Crippen molar-refractivity contribution in [2.75, 3.05) is 18.9 Å². The number of sulfonamides is 1. The van der Waals surface area contributed by atoms with Gasteiger partial charge in [-0.3, -0.25) is 14.3 Å². The zero-order chi connectivity index (χ0) is 24.9. The van der Waals surface area contributed by atoms with E-state index in [1.807, 2.05) is 0 Å². The summed E-state index contributed by atoms with van der Waals surface area (Å²) in [6.07, 6.45) is 0. The molecule has 0 saturated carbocycles. The van der Waals surface area contributed by atoms with Crippen LogP contribution in [0, 0.1) is 11.6 Å². The summed E-state index contributed by atoms with van der Waals surface area (Å²) in [4.78, 5) is 24.9. The second-order valence-electron chi connectivity index (χ2n) is 7.03. The van der Waals surface area contributed by atoms with Crippen molar-refractivity contribution in [2.24, 2.45) is 0 Å². The number of hydrogen-bond acceptors (Lipinski definition) is 5. The maximum Gasteiger partial charge on any atom is 0.262 e. The van der Waals surface area contributed by atoms with E-state index in [0.29, 0.717) is 5.75 Å². The lowest BCUT2D eigenvalue weighted by Gasteiger charge is -2.18. The van der Waals surface area contributed by atoms with Gasteiger partial charge in [0.05, 0.1) is 17.7 Å². The number of nitrogens with one attached hydrogen (secondary N) is 3. The van der Waals surface area contributed by atoms with Crippen molar-refractivity contribution in [3.8, 4) is 5.75 Å². The van der Waals surface area contributed by atoms with Crippen molar-refractivity contribution >= 4 is 27.5 Å². The molecule has 0 fully saturated rings. The molecule has 3 aromatic carbocycles. The van der Waals surface area contributed by atoms with Crippen LogP contribution < -0.4 is 20.1 Å². The van der Waals surface area contributed by atoms with Gasteiger partial charge in [0.1, 0.15) is 11.8 Å². The minimum atomic E-state index is -4.09. The van der Waals surface area contributed by atoms with E-state index < -0.39 is 39.5 Å². The number of carbonyl (C=O) groups excluding carboxylic acids is 2. The Labute approximate surface area is 195 Å². The van der Waals surface area contributed by atoms with Gasteiger partial charge >= 0.3 is 0 Å². The average Bonchev–Trinajstić information content (AvgIpc) is 2.84. The van der Waals surface area contributed by atoms with Gasteiger partial charge < -0.3 is 15.4 Å². The van der Waals surface area contributed by atoms with Crippen molar-refractivity contribution in [3.63, 3.8) is 0 Å². The standard InChI is InChI=1S/C23H21F2N3O5S/c1-26-23(30)21(14-10-11-17(24)18(25)13-14)27-22(29)15-6-5-7-16(12-15)34(31,32)28-19-8-3-4-9-20(19)33-2/h3-13,21,28H,1-2H3,(H,26,30)(H,27,29). The van der Waals surface area contributed by atoms with Crippen molar-refractivity contribution in [1.82, 2.24) is 10.6 Å². The molecule has 0 aliphatic heterocycles. The fourth-order valence-electron chi connectivity index (χ4n) is 3.09. The van der Waals surface area contributed by atoms with E-state index in [2.05, 4.69) is 15.4 Å². The first-order valence-electron chi connectivity index (χ1n) is 9.89. The molecule has 8 nitrogen and oxygen atoms in total. The predicted molar refractivity (Wildman–Crippen MR) is 121 cm³/mol. The Hall–Kier alpha value is -3.99. The van der Waals surface area contributed by atoms with E-state index in [9.17, 15) is 26.8 Å². The Kier molecular flexibility index (Phi) is 7.47. The number of halogens is 2. The maximum atomic E-state index is 13.7. The summed E-state index contributed by atoms with van der Waals surface area (Å²) in [7, 11) is -1.38. The van der Waals surface area contributed by atoms with Gasteiger partial charge in [0, 0.05) is 12.6 Å². The molecule has 1 unspecified atom stereocenters. The van der Waals surface area contributed by atoms with Gasteiger partial charge in [-0.2, -0.15) is 0 Å². The highest BCUT2D eigenvalue weighted by atomic mass is 32.2. The minimum Gasteiger partial charge on any atom is -0.495 e. The third-order valence-corrected chi connectivity index (χ3v) is 6.18. The highest BCUT2D eigenvalue weighted by molar-refractivity contribution is 7.92. The molecule has 3 N–H and O–H groups in total. The number of rotatable bonds is 8. The molecule has 1 atom stereocenters. The van der Waals surface area contributed by atoms with Crippen LogP contribution in [0.4, 0.5) is 14.5 Å². The van der Waals surface area contributed by atoms with Crippen molar-refractivity contribution in [3.05, 3.63) is 89.5 Å². The normalized spacial score (nSPS) is 11.9. The molecule has 2 amide bonds. The van der Waals surface area contributed by atoms with Crippen LogP contribution in [0.2, 0.25) is 0 Å². The lowest BCUT2D eigenvalue weighted by atomic mass is 10.0. The molecule has 0 radical (unpaired) electrons. The Morgan fingerprint density at radius 3 is 2.35 bits per heavy atom. The number of ether oxygens (including phenoxy) is 1. The molecule has 3 rings (SSSR count). The summed E-state index contributed by atoms with van der Waals surface area (Å²) < 4.78 is 60.3. The molecule has 3 aromatic rings. The Bertz CT molecular complexity index is 1330. The summed E-state index contributed by atoms with van der Waals surface area (Å²) >= 11 is 0. The lowest BCUT2D eigenvalue weighted by molar-refractivity contribution is -0.122. The Morgan fingerprint density at radius 1 is 0.941 bits per heavy atom. The molecule has 11 heteroatoms. The zero-order valence-electron chi connectivity index (χ0n) is 18.1. The Balaban J connectivity index is 1.88. The first kappa shape index (κ1) is 24.6. The summed E-state index contributed by atoms with van der Waals surface area (Å²) in [6.45, 7) is 0. The summed E-state index contributed by atoms with van der Waals surface area (Å²) in [6, 6.07) is 13.0. The van der Waals surface area contributed by atoms with Crippen molar-refractivity contribution in [2.45, 2.75) is 10.9 Å². The van der Waals surface area contributed by atoms with E-state index in [1.165, 1.54) is 38.4 Å². The van der Waals surface area contributed by atoms with Crippen LogP contribution in [0.25, 0.3) is 0 Å². The summed E-state index contributed by atoms with van der Waals surface area (Å²) in [5, 5.41) is 4.76. The smallest absolute Gasteiger partial charge is 0.262 e. The van der Waals surface area contributed by atoms with Gasteiger partial charge in [-0.05, 0) is 48.0 Å². The number of hydrogen-bond donors (Lipinski definition) is 3. The number of carbonyl (C=O) groups is 2. The van der Waals surface area contributed by atoms with Gasteiger partial charge in [-0.25, -0.2) is 17.2 Å². The number of para-hydroxylation sites is 2. The molecule has 0 aliphatic carbocycles. The largest absolute Gasteiger partial charge is 0.495 e. The zero-order valence-corrected chi connectivity index (χ0v) is 19.0. The predicted octanol–water partition coefficient (Wildman–Crippen LogP) is 2.99. The summed E-state index contributed by atoms with van der Waals surface area (Å²) in [5.41, 5.74) is 0.144. The second kappa shape index (κ2) is 10.3. The average molecular weight is 490 g/mol. The number of benzene rings is 3. The topological polar surface area (TPSA) is 114 Å². The fraction of sp³-hybridized carbons (Fsp3) is 0.130. The number of likely N-dealkylation sites (N-methyl/N-ethyl adjacent to an activating group) is 1. The van der Waals surface area contributed by atoms with Crippen molar-refractivity contribution in [1.29, 1.82) is 0 Å². The molecule has 0 heterocycles. The third-order valence-electron chi connectivity index (χ3n) is 4.82. The van der Waals surface area contributed by atoms with Crippen LogP contribution in [-0.2, 0) is 14.8 Å². The van der Waals surface area contributed by atoms with Gasteiger partial charge in [0.15, 0.2) is 11.6 Å². The fourth-order valence-corrected chi connectivity index (χ4v) is 4.20. The molecule has 0 spiro atoms. The van der Waals surface area contributed by atoms with E-state index in [1.54, 1.807) is 18.2 Å². The number of methoxy groups -OCH3 is 1. The molecular weight excluding hydrogens is 468 g/mol. The third kappa shape index (κ3) is 5.49. The number of anilines is 1. The second-order valence-corrected chi connectivity index (χ2v) is 8.71. The van der Waals surface area contributed by atoms with Crippen LogP contribution in [-0.4, -0.2) is 34.4 Å². The minimum absolute atomic E-state index is 0.00761. The molecule has 178 valence electrons. The van der Waals surface area contributed by atoms with E-state index in [0.717, 1.165) is 24.3 Å². The first-order valence-corrected chi connectivity index (χ1v) is 11.4. The van der Waals surface area contributed by atoms with Crippen LogP contribution in [0.15, 0.2) is 71.6 Å². The van der Waals surface area contributed by atoms with Crippen LogP contribution in [0.1, 0.15) is 22.0 Å². The lowest BCUT2D eigenvalue weighted by Crippen LogP contribution is -2.39. The SMILES string of the molecule is CNC(=O)C(NC(=O)c1cccc(S(=O)(=O)Nc2ccccc2OC)c1)c1ccc(F)c(F)c1. The molecule has 34 heavy (non-hydrogen) atoms. The van der Waals surface area contributed by atoms with E-state index in [4.69, 9.17) is 4.74 Å². The highest BCUT2D eigenvalue weighted by Gasteiger charge is 2.25. The van der Waals surface area contributed by atoms with Crippen LogP contribution in [0.3, 0.4) is 0 Å². The summed E-state index contributed by atoms with van der Waals surface area (Å²) in [5.74, 6) is -3.46. The van der Waals surface area contributed by atoms with E-state index in [-0.39, 0.29) is 21.7 Å². The molecule has 0 aromatic heterocycles. The van der Waals surface area contributed by atoms with Gasteiger partial charge in [0.2, 0.25) is 5.91 Å². The molecular formula is C23H21F2N3O5S.